The van der Waals surface area contributed by atoms with Crippen LogP contribution in [0.5, 0.6) is 5.06 Å². The van der Waals surface area contributed by atoms with Gasteiger partial charge < -0.3 is 4.74 Å². The Morgan fingerprint density at radius 1 is 0.630 bits per heavy atom. The van der Waals surface area contributed by atoms with Crippen LogP contribution in [0.4, 0.5) is 0 Å². The first kappa shape index (κ1) is 36.0. The Bertz CT molecular complexity index is 1990. The molecule has 3 aromatic heterocycles. The molecule has 0 aromatic carbocycles. The molecule has 0 unspecified atom stereocenters. The van der Waals surface area contributed by atoms with E-state index < -0.39 is 0 Å². The molecule has 46 heavy (non-hydrogen) atoms. The summed E-state index contributed by atoms with van der Waals surface area (Å²) in [5, 5.41) is 2.91. The zero-order valence-corrected chi connectivity index (χ0v) is 29.0. The highest BCUT2D eigenvalue weighted by molar-refractivity contribution is 7.39. The minimum Gasteiger partial charge on any atom is -0.445 e. The molecule has 5 heteroatoms. The molecule has 0 spiro atoms. The normalized spacial score (nSPS) is 9.00. The second kappa shape index (κ2) is 23.0. The number of ether oxygens (including phenoxy) is 1. The van der Waals surface area contributed by atoms with Crippen LogP contribution < -0.4 is 4.74 Å². The van der Waals surface area contributed by atoms with Gasteiger partial charge in [-0.1, -0.05) is 107 Å². The van der Waals surface area contributed by atoms with Gasteiger partial charge in [0.1, 0.15) is 6.26 Å². The van der Waals surface area contributed by atoms with Gasteiger partial charge in [0.05, 0.1) is 24.4 Å². The fraction of sp³-hybridized carbons (Fsp3) is 0.390. The minimum atomic E-state index is 0.836. The molecule has 0 aliphatic heterocycles. The summed E-state index contributed by atoms with van der Waals surface area (Å²) in [6.07, 6.45) is 19.5. The first-order valence-corrected chi connectivity index (χ1v) is 18.3. The van der Waals surface area contributed by atoms with Crippen molar-refractivity contribution in [2.75, 3.05) is 0 Å². The van der Waals surface area contributed by atoms with Crippen molar-refractivity contribution in [1.29, 1.82) is 0 Å². The molecule has 230 valence electrons. The van der Waals surface area contributed by atoms with Crippen molar-refractivity contribution in [1.82, 2.24) is 0 Å². The zero-order valence-electron chi connectivity index (χ0n) is 26.6. The predicted molar refractivity (Wildman–Crippen MR) is 198 cm³/mol. The van der Waals surface area contributed by atoms with Gasteiger partial charge in [0.15, 0.2) is 11.0 Å². The van der Waals surface area contributed by atoms with Crippen LogP contribution in [-0.4, -0.2) is 5.94 Å². The summed E-state index contributed by atoms with van der Waals surface area (Å²) in [5.74, 6) is 39.3. The molecule has 3 heterocycles. The molecule has 0 aliphatic rings. The molecular weight excluding hydrogens is 621 g/mol. The maximum Gasteiger partial charge on any atom is 0.186 e. The number of rotatable bonds is 16. The lowest BCUT2D eigenvalue weighted by atomic mass is 10.0. The van der Waals surface area contributed by atoms with E-state index in [1.54, 1.807) is 46.9 Å². The van der Waals surface area contributed by atoms with E-state index in [0.29, 0.717) is 0 Å². The van der Waals surface area contributed by atoms with Crippen LogP contribution in [0.15, 0.2) is 17.4 Å². The Morgan fingerprint density at radius 3 is 1.74 bits per heavy atom. The summed E-state index contributed by atoms with van der Waals surface area (Å²) in [7, 11) is 0. The summed E-state index contributed by atoms with van der Waals surface area (Å²) in [6.45, 7) is 3.99. The van der Waals surface area contributed by atoms with Crippen molar-refractivity contribution >= 4 is 58.8 Å². The molecule has 0 amide bonds. The highest BCUT2D eigenvalue weighted by Gasteiger charge is 2.20. The third-order valence-corrected chi connectivity index (χ3v) is 10.7. The fourth-order valence-electron chi connectivity index (χ4n) is 4.69. The van der Waals surface area contributed by atoms with Crippen molar-refractivity contribution < 1.29 is 9.53 Å². The third kappa shape index (κ3) is 12.9. The SMILES string of the molecule is CC#CC#CC#CC#CC#CC#CC#Cc1csc2c1sc1c(CCCCCCCCCCCCCCC)c(OC=C=C=O)sc12. The lowest BCUT2D eigenvalue weighted by Crippen LogP contribution is -1.88. The van der Waals surface area contributed by atoms with E-state index in [9.17, 15) is 4.79 Å². The number of hydrogen-bond donors (Lipinski definition) is 0. The van der Waals surface area contributed by atoms with Crippen molar-refractivity contribution in [3.05, 3.63) is 28.5 Å². The lowest BCUT2D eigenvalue weighted by Gasteiger charge is -2.04. The highest BCUT2D eigenvalue weighted by atomic mass is 32.1. The van der Waals surface area contributed by atoms with Crippen molar-refractivity contribution in [3.63, 3.8) is 0 Å². The monoisotopic (exact) mass is 656 g/mol. The maximum absolute atomic E-state index is 10.6. The number of unbranched alkanes of at least 4 members (excludes halogenated alkanes) is 12. The Balaban J connectivity index is 1.58. The van der Waals surface area contributed by atoms with Gasteiger partial charge in [-0.25, -0.2) is 4.79 Å². The van der Waals surface area contributed by atoms with Crippen LogP contribution in [0.25, 0.3) is 18.8 Å². The number of carbonyl (C=O) groups excluding carboxylic acids is 1. The van der Waals surface area contributed by atoms with Crippen LogP contribution in [0.3, 0.4) is 0 Å². The first-order chi connectivity index (χ1) is 22.8. The molecule has 3 rings (SSSR count). The van der Waals surface area contributed by atoms with Crippen molar-refractivity contribution in [2.45, 2.75) is 104 Å². The van der Waals surface area contributed by atoms with Crippen LogP contribution in [0, 0.1) is 82.9 Å². The molecule has 0 aliphatic carbocycles. The maximum atomic E-state index is 10.6. The van der Waals surface area contributed by atoms with Crippen LogP contribution in [0.1, 0.15) is 108 Å². The number of aryl methyl sites for hydroxylation is 1. The van der Waals surface area contributed by atoms with Gasteiger partial charge in [-0.05, 0) is 90.8 Å². The number of thiophene rings is 3. The van der Waals surface area contributed by atoms with E-state index >= 15 is 0 Å². The molecule has 0 bridgehead atoms. The summed E-state index contributed by atoms with van der Waals surface area (Å²) in [5.41, 5.74) is 4.56. The lowest BCUT2D eigenvalue weighted by molar-refractivity contribution is 0.488. The van der Waals surface area contributed by atoms with Crippen molar-refractivity contribution in [2.24, 2.45) is 0 Å². The van der Waals surface area contributed by atoms with Crippen LogP contribution >= 0.6 is 34.0 Å². The van der Waals surface area contributed by atoms with E-state index in [4.69, 9.17) is 4.74 Å². The quantitative estimate of drug-likeness (QED) is 0.0504. The topological polar surface area (TPSA) is 26.3 Å². The van der Waals surface area contributed by atoms with Gasteiger partial charge in [-0.3, -0.25) is 0 Å². The van der Waals surface area contributed by atoms with Gasteiger partial charge in [0.25, 0.3) is 0 Å². The van der Waals surface area contributed by atoms with Gasteiger partial charge in [0, 0.05) is 16.7 Å². The average molecular weight is 657 g/mol. The van der Waals surface area contributed by atoms with Crippen molar-refractivity contribution in [3.8, 4) is 87.9 Å². The summed E-state index contributed by atoms with van der Waals surface area (Å²) in [4.78, 5) is 10.6. The summed E-state index contributed by atoms with van der Waals surface area (Å²) >= 11 is 5.06. The Hall–Kier alpha value is -4.43. The summed E-state index contributed by atoms with van der Waals surface area (Å²) < 4.78 is 10.7. The largest absolute Gasteiger partial charge is 0.445 e. The minimum absolute atomic E-state index is 0.836. The number of hydrogen-bond acceptors (Lipinski definition) is 5. The van der Waals surface area contributed by atoms with Gasteiger partial charge in [-0.2, -0.15) is 0 Å². The molecule has 0 radical (unpaired) electrons. The summed E-state index contributed by atoms with van der Waals surface area (Å²) in [6, 6.07) is 0. The number of fused-ring (bicyclic) bond motifs is 3. The van der Waals surface area contributed by atoms with E-state index in [0.717, 1.165) is 23.5 Å². The molecule has 0 N–H and O–H groups in total. The Labute approximate surface area is 287 Å². The Morgan fingerprint density at radius 2 is 1.17 bits per heavy atom. The van der Waals surface area contributed by atoms with Crippen LogP contribution in [-0.2, 0) is 11.2 Å². The Kier molecular flexibility index (Phi) is 18.0. The third-order valence-electron chi connectivity index (χ3n) is 6.90. The predicted octanol–water partition coefficient (Wildman–Crippen LogP) is 10.1. The van der Waals surface area contributed by atoms with E-state index in [-0.39, 0.29) is 0 Å². The fourth-order valence-corrected chi connectivity index (χ4v) is 8.74. The van der Waals surface area contributed by atoms with Gasteiger partial charge in [-0.15, -0.1) is 22.7 Å². The zero-order chi connectivity index (χ0) is 32.5. The standard InChI is InChI=1S/C41H36O2S3/c1-3-5-7-9-11-13-15-17-19-21-23-25-27-30-35-34-44-39-37(35)45-38-36(41(46-40(38)39)43-33-29-32-42)31-28-26-24-22-20-18-16-14-12-10-8-6-4-2/h33-34H,4,6,8,10,12,14,16,18,20,22,24,26,28,31H2,1-2H3. The second-order valence-corrected chi connectivity index (χ2v) is 13.2. The molecule has 0 saturated heterocycles. The molecule has 2 nitrogen and oxygen atoms in total. The highest BCUT2D eigenvalue weighted by Crippen LogP contribution is 2.49. The molecule has 0 saturated carbocycles. The van der Waals surface area contributed by atoms with E-state index in [1.165, 1.54) is 108 Å². The molecule has 0 atom stereocenters. The molecule has 0 fully saturated rings. The molecule has 3 aromatic rings. The van der Waals surface area contributed by atoms with Gasteiger partial charge >= 0.3 is 0 Å². The van der Waals surface area contributed by atoms with E-state index in [1.807, 2.05) is 0 Å². The second-order valence-electron chi connectivity index (χ2n) is 10.3. The average Bonchev–Trinajstić information content (AvgIpc) is 3.73. The van der Waals surface area contributed by atoms with E-state index in [2.05, 4.69) is 101 Å². The van der Waals surface area contributed by atoms with Crippen LogP contribution in [0.2, 0.25) is 0 Å². The van der Waals surface area contributed by atoms with Gasteiger partial charge in [0.2, 0.25) is 0 Å². The smallest absolute Gasteiger partial charge is 0.186 e. The first-order valence-electron chi connectivity index (χ1n) is 15.8. The molecular formula is C41H36O2S3.